The Bertz CT molecular complexity index is 951. The van der Waals surface area contributed by atoms with Crippen LogP contribution in [0.25, 0.3) is 22.4 Å². The molecule has 0 atom stereocenters. The highest BCUT2D eigenvalue weighted by Gasteiger charge is 2.11. The summed E-state index contributed by atoms with van der Waals surface area (Å²) in [5, 5.41) is 0. The number of imidazole rings is 1. The molecule has 0 unspecified atom stereocenters. The second-order valence-electron chi connectivity index (χ2n) is 5.28. The molecule has 26 heavy (non-hydrogen) atoms. The molecule has 0 aliphatic heterocycles. The number of hydrogen-bond donors (Lipinski definition) is 2. The van der Waals surface area contributed by atoms with E-state index in [2.05, 4.69) is 25.2 Å². The van der Waals surface area contributed by atoms with E-state index in [1.54, 1.807) is 32.2 Å². The summed E-state index contributed by atoms with van der Waals surface area (Å²) in [5.74, 6) is 0.685. The number of amidine groups is 1. The molecule has 0 amide bonds. The smallest absolute Gasteiger partial charge is 0.433 e. The molecule has 7 nitrogen and oxygen atoms in total. The van der Waals surface area contributed by atoms with Crippen molar-refractivity contribution in [3.8, 4) is 11.4 Å². The van der Waals surface area contributed by atoms with E-state index < -0.39 is 6.16 Å². The Morgan fingerprint density at radius 3 is 2.73 bits per heavy atom. The van der Waals surface area contributed by atoms with Crippen molar-refractivity contribution in [2.75, 3.05) is 13.7 Å². The van der Waals surface area contributed by atoms with Crippen LogP contribution in [0.4, 0.5) is 9.18 Å². The molecule has 0 saturated carbocycles. The van der Waals surface area contributed by atoms with Crippen LogP contribution < -0.4 is 5.48 Å². The molecular weight excluding hydrogens is 339 g/mol. The number of aromatic nitrogens is 2. The van der Waals surface area contributed by atoms with Crippen LogP contribution in [-0.2, 0) is 9.57 Å². The number of halogens is 1. The summed E-state index contributed by atoms with van der Waals surface area (Å²) >= 11 is 0. The van der Waals surface area contributed by atoms with Gasteiger partial charge in [-0.3, -0.25) is 4.99 Å². The van der Waals surface area contributed by atoms with Crippen molar-refractivity contribution in [3.63, 3.8) is 0 Å². The topological polar surface area (TPSA) is 88.6 Å². The number of rotatable bonds is 3. The predicted molar refractivity (Wildman–Crippen MR) is 95.2 cm³/mol. The molecule has 0 spiro atoms. The van der Waals surface area contributed by atoms with E-state index >= 15 is 0 Å². The number of carbonyl (C=O) groups excluding carboxylic acids is 1. The molecule has 0 aliphatic carbocycles. The first-order valence-corrected chi connectivity index (χ1v) is 7.93. The second kappa shape index (κ2) is 7.64. The summed E-state index contributed by atoms with van der Waals surface area (Å²) in [7, 11) is 1.57. The molecule has 0 saturated heterocycles. The fourth-order valence-corrected chi connectivity index (χ4v) is 2.37. The molecule has 2 N–H and O–H groups in total. The number of nitrogens with one attached hydrogen (secondary N) is 2. The van der Waals surface area contributed by atoms with Gasteiger partial charge in [0.25, 0.3) is 0 Å². The van der Waals surface area contributed by atoms with Gasteiger partial charge in [0.05, 0.1) is 17.6 Å². The molecule has 8 heteroatoms. The van der Waals surface area contributed by atoms with Crippen molar-refractivity contribution in [2.24, 2.45) is 4.99 Å². The Morgan fingerprint density at radius 1 is 1.27 bits per heavy atom. The highest BCUT2D eigenvalue weighted by atomic mass is 19.1. The molecule has 0 radical (unpaired) electrons. The Labute approximate surface area is 148 Å². The highest BCUT2D eigenvalue weighted by molar-refractivity contribution is 6.01. The maximum absolute atomic E-state index is 13.1. The van der Waals surface area contributed by atoms with Crippen molar-refractivity contribution < 1.29 is 18.8 Å². The number of H-pyrrole nitrogens is 1. The first-order chi connectivity index (χ1) is 12.6. The fraction of sp³-hybridized carbons (Fsp3) is 0.167. The van der Waals surface area contributed by atoms with Crippen LogP contribution >= 0.6 is 0 Å². The summed E-state index contributed by atoms with van der Waals surface area (Å²) in [6.07, 6.45) is -0.838. The van der Waals surface area contributed by atoms with Gasteiger partial charge in [-0.15, -0.1) is 0 Å². The van der Waals surface area contributed by atoms with E-state index in [9.17, 15) is 9.18 Å². The number of hydrogen-bond acceptors (Lipinski definition) is 5. The molecule has 3 aromatic rings. The van der Waals surface area contributed by atoms with Gasteiger partial charge in [0.15, 0.2) is 5.84 Å². The van der Waals surface area contributed by atoms with Crippen LogP contribution in [0.5, 0.6) is 0 Å². The quantitative estimate of drug-likeness (QED) is 0.325. The minimum Gasteiger partial charge on any atom is -0.433 e. The van der Waals surface area contributed by atoms with E-state index in [1.807, 2.05) is 12.1 Å². The van der Waals surface area contributed by atoms with Gasteiger partial charge in [0, 0.05) is 18.2 Å². The molecule has 0 bridgehead atoms. The average molecular weight is 356 g/mol. The van der Waals surface area contributed by atoms with Crippen LogP contribution in [0.15, 0.2) is 47.5 Å². The third-order valence-corrected chi connectivity index (χ3v) is 3.59. The summed E-state index contributed by atoms with van der Waals surface area (Å²) in [6, 6.07) is 11.5. The largest absolute Gasteiger partial charge is 0.533 e. The SMILES string of the molecule is CCOC(=O)ONC(=NC)c1ccc2nc(-c3ccc(F)cc3)[nH]c2c1. The molecular formula is C18H17FN4O3. The minimum atomic E-state index is -0.838. The van der Waals surface area contributed by atoms with Crippen molar-refractivity contribution in [1.29, 1.82) is 0 Å². The summed E-state index contributed by atoms with van der Waals surface area (Å²) < 4.78 is 17.8. The molecule has 3 rings (SSSR count). The van der Waals surface area contributed by atoms with Crippen molar-refractivity contribution in [2.45, 2.75) is 6.92 Å². The van der Waals surface area contributed by atoms with E-state index in [0.29, 0.717) is 17.2 Å². The van der Waals surface area contributed by atoms with Crippen LogP contribution in [0, 0.1) is 5.82 Å². The number of carbonyl (C=O) groups is 1. The molecule has 2 aromatic carbocycles. The molecule has 1 heterocycles. The van der Waals surface area contributed by atoms with Crippen LogP contribution in [0.1, 0.15) is 12.5 Å². The number of benzene rings is 2. The lowest BCUT2D eigenvalue weighted by atomic mass is 10.2. The third-order valence-electron chi connectivity index (χ3n) is 3.59. The van der Waals surface area contributed by atoms with Crippen LogP contribution in [0.3, 0.4) is 0 Å². The first kappa shape index (κ1) is 17.4. The number of fused-ring (bicyclic) bond motifs is 1. The lowest BCUT2D eigenvalue weighted by Gasteiger charge is -2.09. The summed E-state index contributed by atoms with van der Waals surface area (Å²) in [5.41, 5.74) is 5.46. The molecule has 0 aliphatic rings. The Morgan fingerprint density at radius 2 is 2.04 bits per heavy atom. The lowest BCUT2D eigenvalue weighted by Crippen LogP contribution is -2.28. The van der Waals surface area contributed by atoms with Gasteiger partial charge in [0.1, 0.15) is 11.6 Å². The Hall–Kier alpha value is -3.42. The standard InChI is InChI=1S/C18H17FN4O3/c1-3-25-18(24)26-23-16(20-2)12-6-9-14-15(10-12)22-17(21-14)11-4-7-13(19)8-5-11/h4-10H,3H2,1-2H3,(H,20,23)(H,21,22). The average Bonchev–Trinajstić information content (AvgIpc) is 3.06. The zero-order valence-corrected chi connectivity index (χ0v) is 14.2. The van der Waals surface area contributed by atoms with E-state index in [1.165, 1.54) is 12.1 Å². The number of hydroxylamine groups is 1. The van der Waals surface area contributed by atoms with Gasteiger partial charge >= 0.3 is 6.16 Å². The van der Waals surface area contributed by atoms with Crippen molar-refractivity contribution >= 4 is 23.0 Å². The minimum absolute atomic E-state index is 0.214. The number of aromatic amines is 1. The lowest BCUT2D eigenvalue weighted by molar-refractivity contribution is 0.0394. The van der Waals surface area contributed by atoms with Crippen molar-refractivity contribution in [1.82, 2.24) is 15.4 Å². The maximum atomic E-state index is 13.1. The van der Waals surface area contributed by atoms with Gasteiger partial charge in [-0.05, 0) is 49.4 Å². The van der Waals surface area contributed by atoms with Crippen LogP contribution in [-0.4, -0.2) is 35.6 Å². The fourth-order valence-electron chi connectivity index (χ4n) is 2.37. The number of nitrogens with zero attached hydrogens (tertiary/aromatic N) is 2. The monoisotopic (exact) mass is 356 g/mol. The van der Waals surface area contributed by atoms with Crippen LogP contribution in [0.2, 0.25) is 0 Å². The van der Waals surface area contributed by atoms with E-state index in [0.717, 1.165) is 16.6 Å². The zero-order chi connectivity index (χ0) is 18.5. The van der Waals surface area contributed by atoms with Gasteiger partial charge in [-0.25, -0.2) is 14.2 Å². The Kier molecular flexibility index (Phi) is 5.12. The molecule has 0 fully saturated rings. The maximum Gasteiger partial charge on any atom is 0.533 e. The summed E-state index contributed by atoms with van der Waals surface area (Å²) in [6.45, 7) is 1.90. The first-order valence-electron chi connectivity index (χ1n) is 7.93. The summed E-state index contributed by atoms with van der Waals surface area (Å²) in [4.78, 5) is 27.8. The zero-order valence-electron chi connectivity index (χ0n) is 14.2. The van der Waals surface area contributed by atoms with Gasteiger partial charge < -0.3 is 14.6 Å². The number of aliphatic imine (C=N–C) groups is 1. The van der Waals surface area contributed by atoms with Gasteiger partial charge in [0.2, 0.25) is 0 Å². The van der Waals surface area contributed by atoms with E-state index in [-0.39, 0.29) is 12.4 Å². The molecule has 134 valence electrons. The second-order valence-corrected chi connectivity index (χ2v) is 5.28. The Balaban J connectivity index is 1.84. The van der Waals surface area contributed by atoms with E-state index in [4.69, 9.17) is 4.84 Å². The molecule has 1 aromatic heterocycles. The predicted octanol–water partition coefficient (Wildman–Crippen LogP) is 3.42. The number of ether oxygens (including phenoxy) is 1. The van der Waals surface area contributed by atoms with Gasteiger partial charge in [-0.1, -0.05) is 0 Å². The highest BCUT2D eigenvalue weighted by Crippen LogP contribution is 2.21. The van der Waals surface area contributed by atoms with Gasteiger partial charge in [-0.2, -0.15) is 5.48 Å². The third kappa shape index (κ3) is 3.80. The van der Waals surface area contributed by atoms with Crippen molar-refractivity contribution in [3.05, 3.63) is 53.8 Å². The normalized spacial score (nSPS) is 11.4.